The summed E-state index contributed by atoms with van der Waals surface area (Å²) < 4.78 is 0. The molecule has 2 saturated heterocycles. The molecule has 132 valence electrons. The molecular weight excluding hydrogens is 296 g/mol. The van der Waals surface area contributed by atoms with Gasteiger partial charge in [-0.15, -0.1) is 0 Å². The Labute approximate surface area is 138 Å². The molecule has 0 unspecified atom stereocenters. The molecule has 1 spiro atoms. The van der Waals surface area contributed by atoms with Gasteiger partial charge in [0.2, 0.25) is 11.8 Å². The number of aliphatic hydroxyl groups is 2. The zero-order valence-electron chi connectivity index (χ0n) is 14.0. The number of carbonyl (C=O) groups excluding carboxylic acids is 2. The lowest BCUT2D eigenvalue weighted by atomic mass is 10.0. The number of carbonyl (C=O) groups is 2. The molecular formula is C17H30N2O4. The summed E-state index contributed by atoms with van der Waals surface area (Å²) in [6.45, 7) is 1.74. The standard InChI is InChI=1S/C17H30N2O4/c20-13-5-1-3-11-18-15(22)7-9-17(18)10-8-16(23)19(17)12-4-2-6-14-21/h20-21H,1-14H2. The van der Waals surface area contributed by atoms with Gasteiger partial charge in [-0.05, 0) is 51.4 Å². The van der Waals surface area contributed by atoms with Crippen LogP contribution in [0.25, 0.3) is 0 Å². The van der Waals surface area contributed by atoms with E-state index in [-0.39, 0.29) is 25.0 Å². The predicted octanol–water partition coefficient (Wildman–Crippen LogP) is 1.25. The summed E-state index contributed by atoms with van der Waals surface area (Å²) in [5.74, 6) is 0.313. The summed E-state index contributed by atoms with van der Waals surface area (Å²) in [4.78, 5) is 28.5. The smallest absolute Gasteiger partial charge is 0.224 e. The Hall–Kier alpha value is -1.14. The molecule has 0 aliphatic carbocycles. The third-order valence-corrected chi connectivity index (χ3v) is 5.17. The SMILES string of the molecule is O=C1CCC2(CCC(=O)N2CCCCCO)N1CCCCCO. The molecule has 0 aromatic carbocycles. The number of likely N-dealkylation sites (tertiary alicyclic amines) is 2. The highest BCUT2D eigenvalue weighted by molar-refractivity contribution is 5.85. The van der Waals surface area contributed by atoms with E-state index >= 15 is 0 Å². The number of rotatable bonds is 10. The molecule has 0 saturated carbocycles. The number of nitrogens with zero attached hydrogens (tertiary/aromatic N) is 2. The van der Waals surface area contributed by atoms with Gasteiger partial charge in [-0.3, -0.25) is 9.59 Å². The lowest BCUT2D eigenvalue weighted by Gasteiger charge is -2.42. The summed E-state index contributed by atoms with van der Waals surface area (Å²) >= 11 is 0. The Kier molecular flexibility index (Phi) is 6.84. The Balaban J connectivity index is 1.99. The first-order valence-electron chi connectivity index (χ1n) is 8.98. The average Bonchev–Trinajstić information content (AvgIpc) is 3.03. The van der Waals surface area contributed by atoms with E-state index in [1.165, 1.54) is 0 Å². The van der Waals surface area contributed by atoms with Crippen molar-refractivity contribution in [1.82, 2.24) is 9.80 Å². The van der Waals surface area contributed by atoms with E-state index < -0.39 is 5.66 Å². The fraction of sp³-hybridized carbons (Fsp3) is 0.882. The van der Waals surface area contributed by atoms with Gasteiger partial charge in [-0.25, -0.2) is 0 Å². The molecule has 2 aliphatic heterocycles. The molecule has 6 heteroatoms. The molecule has 2 amide bonds. The van der Waals surface area contributed by atoms with Crippen molar-refractivity contribution >= 4 is 11.8 Å². The van der Waals surface area contributed by atoms with Crippen molar-refractivity contribution in [1.29, 1.82) is 0 Å². The molecule has 0 aromatic heterocycles. The van der Waals surface area contributed by atoms with Crippen LogP contribution in [0.2, 0.25) is 0 Å². The van der Waals surface area contributed by atoms with Crippen molar-refractivity contribution in [3.05, 3.63) is 0 Å². The van der Waals surface area contributed by atoms with Crippen LogP contribution in [0.4, 0.5) is 0 Å². The number of hydrogen-bond donors (Lipinski definition) is 2. The van der Waals surface area contributed by atoms with Gasteiger partial charge in [0, 0.05) is 39.1 Å². The third kappa shape index (κ3) is 4.04. The second-order valence-electron chi connectivity index (χ2n) is 6.64. The summed E-state index contributed by atoms with van der Waals surface area (Å²) in [5.41, 5.74) is -0.396. The zero-order valence-corrected chi connectivity index (χ0v) is 14.0. The second kappa shape index (κ2) is 8.64. The minimum Gasteiger partial charge on any atom is -0.396 e. The van der Waals surface area contributed by atoms with Crippen LogP contribution in [-0.4, -0.2) is 63.8 Å². The summed E-state index contributed by atoms with van der Waals surface area (Å²) in [6.07, 6.45) is 7.64. The van der Waals surface area contributed by atoms with Crippen LogP contribution < -0.4 is 0 Å². The second-order valence-corrected chi connectivity index (χ2v) is 6.64. The quantitative estimate of drug-likeness (QED) is 0.592. The molecule has 0 atom stereocenters. The van der Waals surface area contributed by atoms with Gasteiger partial charge in [0.1, 0.15) is 5.66 Å². The van der Waals surface area contributed by atoms with Crippen molar-refractivity contribution in [2.45, 2.75) is 69.9 Å². The van der Waals surface area contributed by atoms with Crippen molar-refractivity contribution < 1.29 is 19.8 Å². The van der Waals surface area contributed by atoms with Crippen molar-refractivity contribution in [3.63, 3.8) is 0 Å². The van der Waals surface area contributed by atoms with Crippen LogP contribution in [0.3, 0.4) is 0 Å². The van der Waals surface area contributed by atoms with Gasteiger partial charge in [-0.1, -0.05) is 0 Å². The Bertz CT molecular complexity index is 375. The average molecular weight is 326 g/mol. The maximum atomic E-state index is 12.3. The van der Waals surface area contributed by atoms with E-state index in [2.05, 4.69) is 0 Å². The lowest BCUT2D eigenvalue weighted by molar-refractivity contribution is -0.143. The maximum Gasteiger partial charge on any atom is 0.224 e. The molecule has 2 aliphatic rings. The molecule has 2 heterocycles. The molecule has 0 bridgehead atoms. The first-order chi connectivity index (χ1) is 11.2. The van der Waals surface area contributed by atoms with E-state index in [0.717, 1.165) is 51.4 Å². The lowest BCUT2D eigenvalue weighted by Crippen LogP contribution is -2.56. The van der Waals surface area contributed by atoms with Gasteiger partial charge in [0.25, 0.3) is 0 Å². The van der Waals surface area contributed by atoms with Crippen LogP contribution in [0.15, 0.2) is 0 Å². The van der Waals surface area contributed by atoms with E-state index in [1.54, 1.807) is 0 Å². The van der Waals surface area contributed by atoms with Crippen LogP contribution in [-0.2, 0) is 9.59 Å². The fourth-order valence-corrected chi connectivity index (χ4v) is 3.94. The molecule has 23 heavy (non-hydrogen) atoms. The summed E-state index contributed by atoms with van der Waals surface area (Å²) in [5, 5.41) is 17.8. The van der Waals surface area contributed by atoms with E-state index in [9.17, 15) is 9.59 Å². The highest BCUT2D eigenvalue weighted by atomic mass is 16.3. The number of unbranched alkanes of at least 4 members (excludes halogenated alkanes) is 4. The largest absolute Gasteiger partial charge is 0.396 e. The number of hydrogen-bond acceptors (Lipinski definition) is 4. The van der Waals surface area contributed by atoms with E-state index in [1.807, 2.05) is 9.80 Å². The number of amides is 2. The highest BCUT2D eigenvalue weighted by Crippen LogP contribution is 2.42. The topological polar surface area (TPSA) is 81.1 Å². The Morgan fingerprint density at radius 3 is 1.57 bits per heavy atom. The zero-order chi connectivity index (χ0) is 16.7. The minimum absolute atomic E-state index is 0.157. The molecule has 0 radical (unpaired) electrons. The van der Waals surface area contributed by atoms with Gasteiger partial charge in [0.05, 0.1) is 0 Å². The Morgan fingerprint density at radius 2 is 1.17 bits per heavy atom. The maximum absolute atomic E-state index is 12.3. The van der Waals surface area contributed by atoms with Crippen molar-refractivity contribution in [2.24, 2.45) is 0 Å². The minimum atomic E-state index is -0.396. The van der Waals surface area contributed by atoms with Crippen LogP contribution in [0.5, 0.6) is 0 Å². The Morgan fingerprint density at radius 1 is 0.739 bits per heavy atom. The summed E-state index contributed by atoms with van der Waals surface area (Å²) in [7, 11) is 0. The van der Waals surface area contributed by atoms with Crippen LogP contribution in [0, 0.1) is 0 Å². The van der Waals surface area contributed by atoms with Gasteiger partial charge in [-0.2, -0.15) is 0 Å². The van der Waals surface area contributed by atoms with E-state index in [4.69, 9.17) is 10.2 Å². The predicted molar refractivity (Wildman–Crippen MR) is 86.5 cm³/mol. The molecule has 6 nitrogen and oxygen atoms in total. The van der Waals surface area contributed by atoms with Gasteiger partial charge in [0.15, 0.2) is 0 Å². The monoisotopic (exact) mass is 326 g/mol. The molecule has 2 fully saturated rings. The highest BCUT2D eigenvalue weighted by Gasteiger charge is 2.54. The van der Waals surface area contributed by atoms with Crippen LogP contribution in [0.1, 0.15) is 64.2 Å². The summed E-state index contributed by atoms with van der Waals surface area (Å²) in [6, 6.07) is 0. The first-order valence-corrected chi connectivity index (χ1v) is 8.98. The fourth-order valence-electron chi connectivity index (χ4n) is 3.94. The van der Waals surface area contributed by atoms with Crippen molar-refractivity contribution in [2.75, 3.05) is 26.3 Å². The van der Waals surface area contributed by atoms with Crippen LogP contribution >= 0.6 is 0 Å². The first kappa shape index (κ1) is 18.2. The number of aliphatic hydroxyl groups excluding tert-OH is 2. The van der Waals surface area contributed by atoms with E-state index in [0.29, 0.717) is 25.9 Å². The van der Waals surface area contributed by atoms with Crippen molar-refractivity contribution in [3.8, 4) is 0 Å². The van der Waals surface area contributed by atoms with Gasteiger partial charge < -0.3 is 20.0 Å². The third-order valence-electron chi connectivity index (χ3n) is 5.17. The normalized spacial score (nSPS) is 20.3. The molecule has 2 N–H and O–H groups in total. The van der Waals surface area contributed by atoms with Gasteiger partial charge >= 0.3 is 0 Å². The molecule has 2 rings (SSSR count). The molecule has 0 aromatic rings.